The molecule has 0 aromatic heterocycles. The number of fused-ring (bicyclic) bond motifs is 1. The zero-order valence-corrected chi connectivity index (χ0v) is 10.0. The van der Waals surface area contributed by atoms with E-state index in [0.29, 0.717) is 0 Å². The monoisotopic (exact) mass is 232 g/mol. The minimum Gasteiger partial charge on any atom is -0.449 e. The molecule has 0 radical (unpaired) electrons. The molecule has 0 unspecified atom stereocenters. The van der Waals surface area contributed by atoms with Crippen LogP contribution in [0.5, 0.6) is 0 Å². The van der Waals surface area contributed by atoms with Crippen molar-refractivity contribution in [2.45, 2.75) is 0 Å². The van der Waals surface area contributed by atoms with Gasteiger partial charge in [-0.25, -0.2) is 0 Å². The Morgan fingerprint density at radius 1 is 0.667 bits per heavy atom. The fourth-order valence-electron chi connectivity index (χ4n) is 2.38. The molecule has 1 nitrogen and oxygen atoms in total. The van der Waals surface area contributed by atoms with Crippen molar-refractivity contribution in [2.75, 3.05) is 0 Å². The summed E-state index contributed by atoms with van der Waals surface area (Å²) in [5, 5.41) is 11.9. The molecule has 0 amide bonds. The first-order valence-corrected chi connectivity index (χ1v) is 6.07. The summed E-state index contributed by atoms with van der Waals surface area (Å²) in [6.45, 7) is 0. The molecule has 0 aliphatic heterocycles. The molecule has 3 rings (SSSR count). The van der Waals surface area contributed by atoms with E-state index in [1.165, 1.54) is 16.3 Å². The lowest BCUT2D eigenvalue weighted by Crippen LogP contribution is -2.15. The Morgan fingerprint density at radius 2 is 1.33 bits per heavy atom. The van der Waals surface area contributed by atoms with Gasteiger partial charge in [-0.2, -0.15) is 0 Å². The van der Waals surface area contributed by atoms with E-state index in [4.69, 9.17) is 0 Å². The van der Waals surface area contributed by atoms with Crippen molar-refractivity contribution in [1.82, 2.24) is 0 Å². The molecule has 2 heteroatoms. The molecule has 1 N–H and O–H groups in total. The van der Waals surface area contributed by atoms with Gasteiger partial charge in [0.05, 0.1) is 0 Å². The number of rotatable bonds is 2. The van der Waals surface area contributed by atoms with Crippen LogP contribution in [0, 0.1) is 0 Å². The molecule has 3 aromatic carbocycles. The van der Waals surface area contributed by atoms with Crippen LogP contribution in [0.4, 0.5) is 0 Å². The van der Waals surface area contributed by atoms with Gasteiger partial charge in [0, 0.05) is 0 Å². The maximum absolute atomic E-state index is 9.45. The van der Waals surface area contributed by atoms with E-state index in [1.54, 1.807) is 0 Å². The molecule has 0 aliphatic rings. The van der Waals surface area contributed by atoms with Gasteiger partial charge in [0.2, 0.25) is 0 Å². The van der Waals surface area contributed by atoms with Crippen molar-refractivity contribution >= 4 is 23.7 Å². The van der Waals surface area contributed by atoms with Gasteiger partial charge >= 0.3 is 7.48 Å². The Kier molecular flexibility index (Phi) is 2.87. The average molecular weight is 232 g/mol. The molecule has 18 heavy (non-hydrogen) atoms. The predicted molar refractivity (Wildman–Crippen MR) is 78.4 cm³/mol. The lowest BCUT2D eigenvalue weighted by Gasteiger charge is -2.10. The van der Waals surface area contributed by atoms with Crippen LogP contribution in [-0.4, -0.2) is 12.5 Å². The molecule has 3 aromatic rings. The predicted octanol–water partition coefficient (Wildman–Crippen LogP) is 2.48. The van der Waals surface area contributed by atoms with Crippen LogP contribution < -0.4 is 5.46 Å². The Bertz CT molecular complexity index is 686. The van der Waals surface area contributed by atoms with Gasteiger partial charge in [0.15, 0.2) is 0 Å². The van der Waals surface area contributed by atoms with Crippen LogP contribution in [0.3, 0.4) is 0 Å². The summed E-state index contributed by atoms with van der Waals surface area (Å²) in [7, 11) is 0.0688. The lowest BCUT2D eigenvalue weighted by atomic mass is 9.81. The van der Waals surface area contributed by atoms with E-state index in [-0.39, 0.29) is 7.48 Å². The Morgan fingerprint density at radius 3 is 2.22 bits per heavy atom. The van der Waals surface area contributed by atoms with Crippen molar-refractivity contribution in [2.24, 2.45) is 0 Å². The molecule has 0 atom stereocenters. The van der Waals surface area contributed by atoms with E-state index in [9.17, 15) is 5.02 Å². The molecule has 0 saturated carbocycles. The first kappa shape index (κ1) is 11.1. The molecular weight excluding hydrogens is 219 g/mol. The first-order chi connectivity index (χ1) is 8.90. The third-order valence-corrected chi connectivity index (χ3v) is 3.27. The quantitative estimate of drug-likeness (QED) is 0.673. The second-order valence-corrected chi connectivity index (χ2v) is 4.34. The first-order valence-electron chi connectivity index (χ1n) is 6.07. The SMILES string of the molecule is OBc1ccccc1-c1cccc2ccccc12. The summed E-state index contributed by atoms with van der Waals surface area (Å²) in [4.78, 5) is 0. The smallest absolute Gasteiger partial charge is 0.305 e. The van der Waals surface area contributed by atoms with Crippen molar-refractivity contribution in [3.63, 3.8) is 0 Å². The lowest BCUT2D eigenvalue weighted by molar-refractivity contribution is 0.615. The Hall–Kier alpha value is -2.06. The molecule has 0 bridgehead atoms. The van der Waals surface area contributed by atoms with E-state index in [2.05, 4.69) is 36.4 Å². The second-order valence-electron chi connectivity index (χ2n) is 4.34. The standard InChI is InChI=1S/C16H13BO/c18-17-16-11-4-3-9-15(16)14-10-5-7-12-6-1-2-8-13(12)14/h1-11,17-18H. The normalized spacial score (nSPS) is 10.5. The largest absolute Gasteiger partial charge is 0.449 e. The number of hydrogen-bond acceptors (Lipinski definition) is 1. The van der Waals surface area contributed by atoms with Gasteiger partial charge in [-0.15, -0.1) is 0 Å². The van der Waals surface area contributed by atoms with Gasteiger partial charge in [0.1, 0.15) is 0 Å². The fraction of sp³-hybridized carbons (Fsp3) is 0. The molecular formula is C16H13BO. The second kappa shape index (κ2) is 4.67. The summed E-state index contributed by atoms with van der Waals surface area (Å²) in [5.41, 5.74) is 3.25. The average Bonchev–Trinajstić information content (AvgIpc) is 2.46. The highest BCUT2D eigenvalue weighted by Crippen LogP contribution is 2.27. The minimum absolute atomic E-state index is 0.0688. The highest BCUT2D eigenvalue weighted by atomic mass is 16.2. The molecule has 0 aliphatic carbocycles. The highest BCUT2D eigenvalue weighted by molar-refractivity contribution is 6.48. The maximum atomic E-state index is 9.45. The van der Waals surface area contributed by atoms with Gasteiger partial charge in [-0.05, 0) is 27.4 Å². The van der Waals surface area contributed by atoms with Crippen LogP contribution in [0.2, 0.25) is 0 Å². The van der Waals surface area contributed by atoms with Crippen molar-refractivity contribution in [3.8, 4) is 11.1 Å². The van der Waals surface area contributed by atoms with Crippen LogP contribution in [0.15, 0.2) is 66.7 Å². The zero-order valence-electron chi connectivity index (χ0n) is 10.0. The van der Waals surface area contributed by atoms with Crippen LogP contribution in [0.1, 0.15) is 0 Å². The van der Waals surface area contributed by atoms with Crippen LogP contribution in [0.25, 0.3) is 21.9 Å². The molecule has 0 heterocycles. The maximum Gasteiger partial charge on any atom is 0.305 e. The number of hydrogen-bond donors (Lipinski definition) is 1. The van der Waals surface area contributed by atoms with E-state index in [1.807, 2.05) is 30.3 Å². The van der Waals surface area contributed by atoms with Crippen LogP contribution >= 0.6 is 0 Å². The minimum atomic E-state index is 0.0688. The topological polar surface area (TPSA) is 20.2 Å². The van der Waals surface area contributed by atoms with Gasteiger partial charge < -0.3 is 5.02 Å². The zero-order chi connectivity index (χ0) is 12.4. The van der Waals surface area contributed by atoms with Crippen molar-refractivity contribution in [3.05, 3.63) is 66.7 Å². The molecule has 86 valence electrons. The summed E-state index contributed by atoms with van der Waals surface area (Å²) < 4.78 is 0. The van der Waals surface area contributed by atoms with Crippen molar-refractivity contribution in [1.29, 1.82) is 0 Å². The number of benzene rings is 3. The van der Waals surface area contributed by atoms with Gasteiger partial charge in [-0.3, -0.25) is 0 Å². The van der Waals surface area contributed by atoms with Crippen LogP contribution in [-0.2, 0) is 0 Å². The molecule has 0 spiro atoms. The third kappa shape index (κ3) is 1.81. The van der Waals surface area contributed by atoms with E-state index in [0.717, 1.165) is 11.0 Å². The Labute approximate surface area is 107 Å². The fourth-order valence-corrected chi connectivity index (χ4v) is 2.38. The molecule has 0 saturated heterocycles. The third-order valence-electron chi connectivity index (χ3n) is 3.27. The van der Waals surface area contributed by atoms with Crippen molar-refractivity contribution < 1.29 is 5.02 Å². The van der Waals surface area contributed by atoms with Gasteiger partial charge in [0.25, 0.3) is 0 Å². The van der Waals surface area contributed by atoms with E-state index >= 15 is 0 Å². The van der Waals surface area contributed by atoms with Gasteiger partial charge in [-0.1, -0.05) is 66.7 Å². The van der Waals surface area contributed by atoms with E-state index < -0.39 is 0 Å². The summed E-state index contributed by atoms with van der Waals surface area (Å²) in [6.07, 6.45) is 0. The summed E-state index contributed by atoms with van der Waals surface area (Å²) >= 11 is 0. The Balaban J connectivity index is 2.32. The highest BCUT2D eigenvalue weighted by Gasteiger charge is 2.07. The summed E-state index contributed by atoms with van der Waals surface area (Å²) in [5.74, 6) is 0. The molecule has 0 fully saturated rings. The summed E-state index contributed by atoms with van der Waals surface area (Å²) in [6, 6.07) is 22.6.